The van der Waals surface area contributed by atoms with Crippen LogP contribution in [0, 0.1) is 0 Å². The number of benzene rings is 1. The number of rotatable bonds is 3. The van der Waals surface area contributed by atoms with Gasteiger partial charge in [0.25, 0.3) is 0 Å². The highest BCUT2D eigenvalue weighted by atomic mass is 16.2. The number of hydrogen-bond donors (Lipinski definition) is 1. The molecule has 108 valence electrons. The van der Waals surface area contributed by atoms with Crippen LogP contribution in [0.5, 0.6) is 0 Å². The second-order valence-electron chi connectivity index (χ2n) is 5.34. The second-order valence-corrected chi connectivity index (χ2v) is 5.34. The van der Waals surface area contributed by atoms with Crippen molar-refractivity contribution in [3.05, 3.63) is 54.4 Å². The first-order valence-corrected chi connectivity index (χ1v) is 7.31. The lowest BCUT2D eigenvalue weighted by atomic mass is 9.95. The fourth-order valence-corrected chi connectivity index (χ4v) is 2.82. The lowest BCUT2D eigenvalue weighted by Gasteiger charge is -2.22. The van der Waals surface area contributed by atoms with E-state index in [1.165, 1.54) is 0 Å². The highest BCUT2D eigenvalue weighted by molar-refractivity contribution is 5.86. The van der Waals surface area contributed by atoms with Gasteiger partial charge in [-0.25, -0.2) is 0 Å². The molecule has 2 N–H and O–H groups in total. The normalized spacial score (nSPS) is 16.0. The lowest BCUT2D eigenvalue weighted by Crippen LogP contribution is -2.36. The quantitative estimate of drug-likeness (QED) is 0.939. The van der Waals surface area contributed by atoms with Gasteiger partial charge >= 0.3 is 0 Å². The summed E-state index contributed by atoms with van der Waals surface area (Å²) in [5, 5.41) is 0. The van der Waals surface area contributed by atoms with Crippen LogP contribution in [-0.2, 0) is 4.79 Å². The summed E-state index contributed by atoms with van der Waals surface area (Å²) in [6, 6.07) is 11.1. The third-order valence-corrected chi connectivity index (χ3v) is 3.95. The van der Waals surface area contributed by atoms with Gasteiger partial charge in [0, 0.05) is 31.0 Å². The summed E-state index contributed by atoms with van der Waals surface area (Å²) in [6.45, 7) is 1.64. The zero-order valence-electron chi connectivity index (χ0n) is 11.9. The number of carbonyl (C=O) groups excluding carboxylic acids is 1. The summed E-state index contributed by atoms with van der Waals surface area (Å²) in [5.74, 6) is 0.0174. The first kappa shape index (κ1) is 13.8. The van der Waals surface area contributed by atoms with Gasteiger partial charge in [-0.3, -0.25) is 9.78 Å². The summed E-state index contributed by atoms with van der Waals surface area (Å²) < 4.78 is 0. The van der Waals surface area contributed by atoms with Crippen molar-refractivity contribution >= 4 is 5.91 Å². The highest BCUT2D eigenvalue weighted by Crippen LogP contribution is 2.28. The molecule has 0 radical (unpaired) electrons. The third kappa shape index (κ3) is 2.81. The Morgan fingerprint density at radius 1 is 1.14 bits per heavy atom. The van der Waals surface area contributed by atoms with E-state index in [0.717, 1.165) is 42.6 Å². The number of nitrogens with zero attached hydrogens (tertiary/aromatic N) is 2. The Morgan fingerprint density at radius 2 is 1.90 bits per heavy atom. The van der Waals surface area contributed by atoms with Crippen molar-refractivity contribution in [2.75, 3.05) is 13.1 Å². The van der Waals surface area contributed by atoms with Gasteiger partial charge in [-0.1, -0.05) is 30.3 Å². The molecular formula is C17H19N3O. The molecule has 1 amide bonds. The summed E-state index contributed by atoms with van der Waals surface area (Å²) in [6.07, 6.45) is 5.68. The van der Waals surface area contributed by atoms with Gasteiger partial charge in [0.15, 0.2) is 0 Å². The maximum absolute atomic E-state index is 12.5. The van der Waals surface area contributed by atoms with Crippen LogP contribution in [0.25, 0.3) is 11.1 Å². The molecular weight excluding hydrogens is 262 g/mol. The topological polar surface area (TPSA) is 59.2 Å². The highest BCUT2D eigenvalue weighted by Gasteiger charge is 2.26. The van der Waals surface area contributed by atoms with E-state index in [2.05, 4.69) is 4.98 Å². The molecule has 2 heterocycles. The van der Waals surface area contributed by atoms with Crippen molar-refractivity contribution in [1.29, 1.82) is 0 Å². The van der Waals surface area contributed by atoms with Crippen LogP contribution in [0.2, 0.25) is 0 Å². The van der Waals surface area contributed by atoms with Gasteiger partial charge in [-0.05, 0) is 30.0 Å². The molecule has 1 aromatic heterocycles. The molecule has 0 aliphatic carbocycles. The SMILES string of the molecule is NC(C(=O)N1CCCC1)c1ccccc1-c1cccnc1. The molecule has 1 fully saturated rings. The molecule has 21 heavy (non-hydrogen) atoms. The largest absolute Gasteiger partial charge is 0.341 e. The van der Waals surface area contributed by atoms with Crippen LogP contribution in [0.3, 0.4) is 0 Å². The number of aromatic nitrogens is 1. The molecule has 1 unspecified atom stereocenters. The van der Waals surface area contributed by atoms with Gasteiger partial charge < -0.3 is 10.6 Å². The summed E-state index contributed by atoms with van der Waals surface area (Å²) in [4.78, 5) is 18.5. The minimum atomic E-state index is -0.612. The predicted octanol–water partition coefficient (Wildman–Crippen LogP) is 2.37. The Bertz CT molecular complexity index is 621. The summed E-state index contributed by atoms with van der Waals surface area (Å²) in [5.41, 5.74) is 9.07. The zero-order chi connectivity index (χ0) is 14.7. The van der Waals surface area contributed by atoms with Gasteiger partial charge in [-0.2, -0.15) is 0 Å². The van der Waals surface area contributed by atoms with Gasteiger partial charge in [0.2, 0.25) is 5.91 Å². The molecule has 4 nitrogen and oxygen atoms in total. The van der Waals surface area contributed by atoms with Crippen LogP contribution in [0.4, 0.5) is 0 Å². The molecule has 2 aromatic rings. The fourth-order valence-electron chi connectivity index (χ4n) is 2.82. The van der Waals surface area contributed by atoms with Gasteiger partial charge in [0.05, 0.1) is 0 Å². The van der Waals surface area contributed by atoms with Crippen molar-refractivity contribution in [3.8, 4) is 11.1 Å². The Balaban J connectivity index is 1.93. The van der Waals surface area contributed by atoms with E-state index < -0.39 is 6.04 Å². The molecule has 0 saturated carbocycles. The average Bonchev–Trinajstić information content (AvgIpc) is 3.09. The molecule has 1 aromatic carbocycles. The molecule has 3 rings (SSSR count). The molecule has 1 aliphatic rings. The zero-order valence-corrected chi connectivity index (χ0v) is 11.9. The molecule has 1 atom stereocenters. The minimum Gasteiger partial charge on any atom is -0.341 e. The third-order valence-electron chi connectivity index (χ3n) is 3.95. The number of hydrogen-bond acceptors (Lipinski definition) is 3. The van der Waals surface area contributed by atoms with E-state index in [1.54, 1.807) is 12.4 Å². The molecule has 1 saturated heterocycles. The van der Waals surface area contributed by atoms with Crippen LogP contribution in [-0.4, -0.2) is 28.9 Å². The van der Waals surface area contributed by atoms with Crippen LogP contribution in [0.1, 0.15) is 24.4 Å². The maximum Gasteiger partial charge on any atom is 0.244 e. The standard InChI is InChI=1S/C17H19N3O/c18-16(17(21)20-10-3-4-11-20)15-8-2-1-7-14(15)13-6-5-9-19-12-13/h1-2,5-9,12,16H,3-4,10-11,18H2. The monoisotopic (exact) mass is 281 g/mol. The molecule has 1 aliphatic heterocycles. The van der Waals surface area contributed by atoms with Gasteiger partial charge in [-0.15, -0.1) is 0 Å². The first-order chi connectivity index (χ1) is 10.3. The fraction of sp³-hybridized carbons (Fsp3) is 0.294. The number of pyridine rings is 1. The van der Waals surface area contributed by atoms with E-state index in [0.29, 0.717) is 0 Å². The smallest absolute Gasteiger partial charge is 0.244 e. The molecule has 0 spiro atoms. The Hall–Kier alpha value is -2.20. The van der Waals surface area contributed by atoms with Crippen molar-refractivity contribution in [2.24, 2.45) is 5.73 Å². The van der Waals surface area contributed by atoms with Crippen LogP contribution in [0.15, 0.2) is 48.8 Å². The number of carbonyl (C=O) groups is 1. The van der Waals surface area contributed by atoms with Crippen molar-refractivity contribution in [1.82, 2.24) is 9.88 Å². The van der Waals surface area contributed by atoms with E-state index in [1.807, 2.05) is 41.3 Å². The Kier molecular flexibility index (Phi) is 3.97. The molecule has 0 bridgehead atoms. The first-order valence-electron chi connectivity index (χ1n) is 7.31. The minimum absolute atomic E-state index is 0.0174. The molecule has 4 heteroatoms. The number of amides is 1. The predicted molar refractivity (Wildman–Crippen MR) is 82.4 cm³/mol. The Morgan fingerprint density at radius 3 is 2.62 bits per heavy atom. The lowest BCUT2D eigenvalue weighted by molar-refractivity contribution is -0.131. The van der Waals surface area contributed by atoms with E-state index in [-0.39, 0.29) is 5.91 Å². The summed E-state index contributed by atoms with van der Waals surface area (Å²) in [7, 11) is 0. The maximum atomic E-state index is 12.5. The Labute approximate surface area is 124 Å². The summed E-state index contributed by atoms with van der Waals surface area (Å²) >= 11 is 0. The van der Waals surface area contributed by atoms with E-state index in [4.69, 9.17) is 5.73 Å². The van der Waals surface area contributed by atoms with Crippen molar-refractivity contribution < 1.29 is 4.79 Å². The van der Waals surface area contributed by atoms with Crippen LogP contribution < -0.4 is 5.73 Å². The number of likely N-dealkylation sites (tertiary alicyclic amines) is 1. The van der Waals surface area contributed by atoms with Gasteiger partial charge in [0.1, 0.15) is 6.04 Å². The average molecular weight is 281 g/mol. The van der Waals surface area contributed by atoms with Crippen molar-refractivity contribution in [2.45, 2.75) is 18.9 Å². The van der Waals surface area contributed by atoms with E-state index >= 15 is 0 Å². The van der Waals surface area contributed by atoms with E-state index in [9.17, 15) is 4.79 Å². The number of nitrogens with two attached hydrogens (primary N) is 1. The van der Waals surface area contributed by atoms with Crippen LogP contribution >= 0.6 is 0 Å². The second kappa shape index (κ2) is 6.06. The van der Waals surface area contributed by atoms with Crippen molar-refractivity contribution in [3.63, 3.8) is 0 Å².